The van der Waals surface area contributed by atoms with Crippen LogP contribution in [-0.2, 0) is 0 Å². The quantitative estimate of drug-likeness (QED) is 0.845. The maximum atomic E-state index is 4.38. The summed E-state index contributed by atoms with van der Waals surface area (Å²) in [6, 6.07) is 8.20. The minimum Gasteiger partial charge on any atom is -0.384 e. The molecular formula is C13H16N4. The van der Waals surface area contributed by atoms with Crippen LogP contribution in [0, 0.1) is 12.8 Å². The first-order valence-electron chi connectivity index (χ1n) is 6.05. The van der Waals surface area contributed by atoms with E-state index >= 15 is 0 Å². The van der Waals surface area contributed by atoms with Crippen molar-refractivity contribution in [3.05, 3.63) is 30.1 Å². The number of benzene rings is 1. The third kappa shape index (κ3) is 2.30. The maximum Gasteiger partial charge on any atom is 0.183 e. The van der Waals surface area contributed by atoms with Gasteiger partial charge in [-0.1, -0.05) is 12.1 Å². The molecule has 17 heavy (non-hydrogen) atoms. The Balaban J connectivity index is 1.86. The Morgan fingerprint density at radius 1 is 1.35 bits per heavy atom. The number of hydrogen-bond donors (Lipinski definition) is 2. The van der Waals surface area contributed by atoms with Gasteiger partial charge in [0.15, 0.2) is 5.82 Å². The van der Waals surface area contributed by atoms with Gasteiger partial charge in [-0.25, -0.2) is 4.98 Å². The predicted octanol–water partition coefficient (Wildman–Crippen LogP) is 2.60. The lowest BCUT2D eigenvalue weighted by Gasteiger charge is -2.08. The van der Waals surface area contributed by atoms with Gasteiger partial charge in [0.05, 0.1) is 0 Å². The first kappa shape index (κ1) is 10.3. The molecule has 1 aromatic heterocycles. The summed E-state index contributed by atoms with van der Waals surface area (Å²) in [4.78, 5) is 4.38. The fourth-order valence-electron chi connectivity index (χ4n) is 1.87. The summed E-state index contributed by atoms with van der Waals surface area (Å²) in [5, 5.41) is 10.6. The van der Waals surface area contributed by atoms with Crippen molar-refractivity contribution in [2.45, 2.75) is 19.8 Å². The SMILES string of the molecule is Cc1nc(-c2ccccc2NCC2CC2)n[nH]1. The van der Waals surface area contributed by atoms with E-state index < -0.39 is 0 Å². The molecule has 0 atom stereocenters. The molecule has 88 valence electrons. The maximum absolute atomic E-state index is 4.38. The van der Waals surface area contributed by atoms with Crippen molar-refractivity contribution in [1.29, 1.82) is 0 Å². The van der Waals surface area contributed by atoms with Gasteiger partial charge in [0.25, 0.3) is 0 Å². The monoisotopic (exact) mass is 228 g/mol. The molecule has 1 heterocycles. The smallest absolute Gasteiger partial charge is 0.183 e. The summed E-state index contributed by atoms with van der Waals surface area (Å²) in [6.07, 6.45) is 2.71. The molecule has 1 aliphatic carbocycles. The molecule has 1 fully saturated rings. The molecule has 0 spiro atoms. The molecule has 4 nitrogen and oxygen atoms in total. The zero-order valence-electron chi connectivity index (χ0n) is 9.90. The molecule has 4 heteroatoms. The van der Waals surface area contributed by atoms with Crippen LogP contribution >= 0.6 is 0 Å². The highest BCUT2D eigenvalue weighted by Gasteiger charge is 2.21. The second-order valence-corrected chi connectivity index (χ2v) is 4.61. The normalized spacial score (nSPS) is 14.9. The van der Waals surface area contributed by atoms with Crippen molar-refractivity contribution in [3.63, 3.8) is 0 Å². The second kappa shape index (κ2) is 4.20. The van der Waals surface area contributed by atoms with Gasteiger partial charge in [-0.05, 0) is 37.8 Å². The summed E-state index contributed by atoms with van der Waals surface area (Å²) in [6.45, 7) is 2.97. The zero-order chi connectivity index (χ0) is 11.7. The molecule has 0 radical (unpaired) electrons. The largest absolute Gasteiger partial charge is 0.384 e. The topological polar surface area (TPSA) is 53.6 Å². The van der Waals surface area contributed by atoms with Crippen LogP contribution in [0.4, 0.5) is 5.69 Å². The van der Waals surface area contributed by atoms with Gasteiger partial charge < -0.3 is 5.32 Å². The molecule has 0 bridgehead atoms. The van der Waals surface area contributed by atoms with Crippen molar-refractivity contribution >= 4 is 5.69 Å². The van der Waals surface area contributed by atoms with E-state index in [9.17, 15) is 0 Å². The van der Waals surface area contributed by atoms with Crippen LogP contribution in [-0.4, -0.2) is 21.7 Å². The predicted molar refractivity (Wildman–Crippen MR) is 67.8 cm³/mol. The number of anilines is 1. The summed E-state index contributed by atoms with van der Waals surface area (Å²) in [7, 11) is 0. The van der Waals surface area contributed by atoms with Crippen molar-refractivity contribution in [2.24, 2.45) is 5.92 Å². The Bertz CT molecular complexity index is 514. The van der Waals surface area contributed by atoms with E-state index in [-0.39, 0.29) is 0 Å². The summed E-state index contributed by atoms with van der Waals surface area (Å²) in [5.74, 6) is 2.47. The van der Waals surface area contributed by atoms with Crippen LogP contribution in [0.5, 0.6) is 0 Å². The first-order chi connectivity index (χ1) is 8.33. The van der Waals surface area contributed by atoms with Crippen LogP contribution in [0.25, 0.3) is 11.4 Å². The first-order valence-corrected chi connectivity index (χ1v) is 6.05. The van der Waals surface area contributed by atoms with Gasteiger partial charge in [-0.2, -0.15) is 5.10 Å². The molecule has 0 saturated heterocycles. The van der Waals surface area contributed by atoms with Gasteiger partial charge in [0, 0.05) is 17.8 Å². The van der Waals surface area contributed by atoms with E-state index in [2.05, 4.69) is 32.6 Å². The second-order valence-electron chi connectivity index (χ2n) is 4.61. The number of hydrogen-bond acceptors (Lipinski definition) is 3. The number of nitrogens with one attached hydrogen (secondary N) is 2. The van der Waals surface area contributed by atoms with Crippen molar-refractivity contribution in [3.8, 4) is 11.4 Å². The Labute approximate surface area is 100 Å². The lowest BCUT2D eigenvalue weighted by Crippen LogP contribution is -2.04. The van der Waals surface area contributed by atoms with Crippen LogP contribution in [0.2, 0.25) is 0 Å². The molecule has 0 aliphatic heterocycles. The molecule has 0 amide bonds. The van der Waals surface area contributed by atoms with E-state index in [1.165, 1.54) is 12.8 Å². The standard InChI is InChI=1S/C13H16N4/c1-9-15-13(17-16-9)11-4-2-3-5-12(11)14-8-10-6-7-10/h2-5,10,14H,6-8H2,1H3,(H,15,16,17). The van der Waals surface area contributed by atoms with Gasteiger partial charge in [-0.15, -0.1) is 0 Å². The minimum atomic E-state index is 0.765. The van der Waals surface area contributed by atoms with Gasteiger partial charge in [-0.3, -0.25) is 5.10 Å². The third-order valence-electron chi connectivity index (χ3n) is 3.04. The average Bonchev–Trinajstić information content (AvgIpc) is 3.08. The summed E-state index contributed by atoms with van der Waals surface area (Å²) >= 11 is 0. The average molecular weight is 228 g/mol. The molecule has 1 aromatic carbocycles. The molecule has 2 N–H and O–H groups in total. The highest BCUT2D eigenvalue weighted by Crippen LogP contribution is 2.31. The summed E-state index contributed by atoms with van der Waals surface area (Å²) < 4.78 is 0. The van der Waals surface area contributed by atoms with Crippen molar-refractivity contribution in [1.82, 2.24) is 15.2 Å². The number of H-pyrrole nitrogens is 1. The molecule has 1 aliphatic rings. The molecule has 1 saturated carbocycles. The zero-order valence-corrected chi connectivity index (χ0v) is 9.90. The number of aryl methyl sites for hydroxylation is 1. The summed E-state index contributed by atoms with van der Waals surface area (Å²) in [5.41, 5.74) is 2.19. The van der Waals surface area contributed by atoms with Crippen LogP contribution in [0.15, 0.2) is 24.3 Å². The van der Waals surface area contributed by atoms with E-state index in [4.69, 9.17) is 0 Å². The van der Waals surface area contributed by atoms with Crippen molar-refractivity contribution < 1.29 is 0 Å². The minimum absolute atomic E-state index is 0.765. The van der Waals surface area contributed by atoms with Gasteiger partial charge in [0.1, 0.15) is 5.82 Å². The van der Waals surface area contributed by atoms with Crippen LogP contribution in [0.1, 0.15) is 18.7 Å². The Morgan fingerprint density at radius 3 is 2.88 bits per heavy atom. The van der Waals surface area contributed by atoms with E-state index in [1.807, 2.05) is 19.1 Å². The highest BCUT2D eigenvalue weighted by molar-refractivity contribution is 5.73. The van der Waals surface area contributed by atoms with E-state index in [0.29, 0.717) is 0 Å². The fourth-order valence-corrected chi connectivity index (χ4v) is 1.87. The molecule has 2 aromatic rings. The van der Waals surface area contributed by atoms with Gasteiger partial charge >= 0.3 is 0 Å². The Morgan fingerprint density at radius 2 is 2.18 bits per heavy atom. The number of aromatic nitrogens is 3. The van der Waals surface area contributed by atoms with Gasteiger partial charge in [0.2, 0.25) is 0 Å². The third-order valence-corrected chi connectivity index (χ3v) is 3.04. The fraction of sp³-hybridized carbons (Fsp3) is 0.385. The number of para-hydroxylation sites is 1. The molecule has 3 rings (SSSR count). The van der Waals surface area contributed by atoms with E-state index in [1.54, 1.807) is 0 Å². The number of aromatic amines is 1. The lowest BCUT2D eigenvalue weighted by molar-refractivity contribution is 0.889. The van der Waals surface area contributed by atoms with Crippen LogP contribution in [0.3, 0.4) is 0 Å². The Hall–Kier alpha value is -1.84. The Kier molecular flexibility index (Phi) is 2.55. The lowest BCUT2D eigenvalue weighted by atomic mass is 10.1. The number of nitrogens with zero attached hydrogens (tertiary/aromatic N) is 2. The van der Waals surface area contributed by atoms with E-state index in [0.717, 1.165) is 35.4 Å². The van der Waals surface area contributed by atoms with Crippen LogP contribution < -0.4 is 5.32 Å². The number of rotatable bonds is 4. The molecule has 0 unspecified atom stereocenters. The van der Waals surface area contributed by atoms with Crippen molar-refractivity contribution in [2.75, 3.05) is 11.9 Å². The highest BCUT2D eigenvalue weighted by atomic mass is 15.2. The molecular weight excluding hydrogens is 212 g/mol.